The summed E-state index contributed by atoms with van der Waals surface area (Å²) in [7, 11) is 0. The predicted molar refractivity (Wildman–Crippen MR) is 91.1 cm³/mol. The second kappa shape index (κ2) is 7.60. The number of allylic oxidation sites excluding steroid dienone is 2. The van der Waals surface area contributed by atoms with Crippen LogP contribution in [0.25, 0.3) is 0 Å². The van der Waals surface area contributed by atoms with Crippen LogP contribution in [0.2, 0.25) is 0 Å². The maximum absolute atomic E-state index is 12.2. The second-order valence-corrected chi connectivity index (χ2v) is 6.93. The first-order valence-corrected chi connectivity index (χ1v) is 7.96. The van der Waals surface area contributed by atoms with E-state index in [1.165, 1.54) is 0 Å². The van der Waals surface area contributed by atoms with Gasteiger partial charge in [-0.2, -0.15) is 0 Å². The Morgan fingerprint density at radius 1 is 1.29 bits per heavy atom. The van der Waals surface area contributed by atoms with Crippen LogP contribution in [-0.4, -0.2) is 30.4 Å². The normalized spacial score (nSPS) is 20.5. The zero-order chi connectivity index (χ0) is 18.7. The van der Waals surface area contributed by atoms with Gasteiger partial charge in [-0.3, -0.25) is 9.59 Å². The molecule has 132 valence electrons. The number of carbonyl (C=O) groups is 3. The van der Waals surface area contributed by atoms with Gasteiger partial charge in [-0.1, -0.05) is 40.3 Å². The number of esters is 2. The van der Waals surface area contributed by atoms with Crippen molar-refractivity contribution in [1.29, 1.82) is 0 Å². The molecule has 0 aromatic rings. The molecule has 5 heteroatoms. The zero-order valence-corrected chi connectivity index (χ0v) is 15.2. The van der Waals surface area contributed by atoms with Gasteiger partial charge in [0.15, 0.2) is 0 Å². The molecular formula is C19H26O5. The van der Waals surface area contributed by atoms with Gasteiger partial charge >= 0.3 is 11.9 Å². The highest BCUT2D eigenvalue weighted by Gasteiger charge is 2.30. The van der Waals surface area contributed by atoms with Crippen molar-refractivity contribution in [3.05, 3.63) is 35.5 Å². The fraction of sp³-hybridized carbons (Fsp3) is 0.526. The molecule has 24 heavy (non-hydrogen) atoms. The molecule has 0 fully saturated rings. The maximum atomic E-state index is 12.2. The van der Waals surface area contributed by atoms with E-state index in [9.17, 15) is 14.4 Å². The fourth-order valence-corrected chi connectivity index (χ4v) is 2.30. The summed E-state index contributed by atoms with van der Waals surface area (Å²) in [4.78, 5) is 35.1. The molecule has 5 nitrogen and oxygen atoms in total. The monoisotopic (exact) mass is 334 g/mol. The van der Waals surface area contributed by atoms with Crippen molar-refractivity contribution in [2.45, 2.75) is 53.8 Å². The zero-order valence-electron chi connectivity index (χ0n) is 15.2. The lowest BCUT2D eigenvalue weighted by molar-refractivity contribution is -0.152. The molecule has 0 radical (unpaired) electrons. The molecule has 0 aromatic carbocycles. The molecule has 0 aliphatic heterocycles. The van der Waals surface area contributed by atoms with Gasteiger partial charge in [-0.05, 0) is 25.5 Å². The Balaban J connectivity index is 2.80. The van der Waals surface area contributed by atoms with Crippen molar-refractivity contribution < 1.29 is 23.9 Å². The molecule has 0 aromatic heterocycles. The van der Waals surface area contributed by atoms with Crippen LogP contribution in [-0.2, 0) is 23.9 Å². The molecule has 2 atom stereocenters. The summed E-state index contributed by atoms with van der Waals surface area (Å²) < 4.78 is 10.6. The third kappa shape index (κ3) is 4.66. The Kier molecular flexibility index (Phi) is 6.29. The van der Waals surface area contributed by atoms with Crippen LogP contribution in [0.4, 0.5) is 0 Å². The van der Waals surface area contributed by atoms with Crippen molar-refractivity contribution in [3.8, 4) is 0 Å². The molecule has 1 aliphatic carbocycles. The van der Waals surface area contributed by atoms with E-state index in [0.29, 0.717) is 5.57 Å². The Bertz CT molecular complexity index is 607. The minimum atomic E-state index is -0.772. The molecule has 0 unspecified atom stereocenters. The number of hydrogen-bond donors (Lipinski definition) is 0. The van der Waals surface area contributed by atoms with Gasteiger partial charge in [0.05, 0.1) is 11.5 Å². The van der Waals surface area contributed by atoms with Crippen molar-refractivity contribution in [2.75, 3.05) is 0 Å². The van der Waals surface area contributed by atoms with Crippen LogP contribution in [0.15, 0.2) is 35.5 Å². The summed E-state index contributed by atoms with van der Waals surface area (Å²) in [6.07, 6.45) is 2.91. The number of ether oxygens (including phenoxy) is 2. The largest absolute Gasteiger partial charge is 0.457 e. The van der Waals surface area contributed by atoms with E-state index in [1.54, 1.807) is 26.8 Å². The topological polar surface area (TPSA) is 69.7 Å². The number of rotatable bonds is 6. The lowest BCUT2D eigenvalue weighted by Gasteiger charge is -2.30. The number of hydrogen-bond acceptors (Lipinski definition) is 5. The van der Waals surface area contributed by atoms with E-state index in [-0.39, 0.29) is 11.5 Å². The molecule has 0 saturated heterocycles. The van der Waals surface area contributed by atoms with E-state index in [0.717, 1.165) is 11.9 Å². The molecule has 1 aliphatic rings. The van der Waals surface area contributed by atoms with Crippen LogP contribution in [0, 0.1) is 11.3 Å². The molecule has 0 spiro atoms. The fourth-order valence-electron chi connectivity index (χ4n) is 2.30. The minimum absolute atomic E-state index is 0.0580. The first-order chi connectivity index (χ1) is 11.0. The smallest absolute Gasteiger partial charge is 0.338 e. The number of aldehydes is 1. The quantitative estimate of drug-likeness (QED) is 0.323. The predicted octanol–water partition coefficient (Wildman–Crippen LogP) is 3.15. The molecule has 0 heterocycles. The SMILES string of the molecule is C=C(C(=O)O[C@@H]1C=C(C=O)C(C)(C)C=C1C)[C@H](C)OC(=O)C(C)C. The standard InChI is InChI=1S/C19H26O5/c1-11(2)17(21)23-14(5)13(4)18(22)24-16-8-15(10-20)19(6,7)9-12(16)3/h8-11,14,16H,4H2,1-3,5-7H3/t14-,16+/m0/s1. The van der Waals surface area contributed by atoms with Gasteiger partial charge in [0.25, 0.3) is 0 Å². The van der Waals surface area contributed by atoms with Gasteiger partial charge in [-0.15, -0.1) is 0 Å². The molecule has 0 bridgehead atoms. The Morgan fingerprint density at radius 3 is 2.38 bits per heavy atom. The van der Waals surface area contributed by atoms with Crippen molar-refractivity contribution in [1.82, 2.24) is 0 Å². The van der Waals surface area contributed by atoms with Crippen molar-refractivity contribution in [3.63, 3.8) is 0 Å². The van der Waals surface area contributed by atoms with Gasteiger partial charge in [0.2, 0.25) is 0 Å². The first-order valence-electron chi connectivity index (χ1n) is 7.96. The lowest BCUT2D eigenvalue weighted by atomic mass is 9.78. The summed E-state index contributed by atoms with van der Waals surface area (Å²) in [5, 5.41) is 0. The Labute approximate surface area is 143 Å². The summed E-state index contributed by atoms with van der Waals surface area (Å²) in [5.41, 5.74) is 1.04. The average Bonchev–Trinajstić information content (AvgIpc) is 2.47. The van der Waals surface area contributed by atoms with Crippen molar-refractivity contribution >= 4 is 18.2 Å². The minimum Gasteiger partial charge on any atom is -0.457 e. The van der Waals surface area contributed by atoms with Gasteiger partial charge < -0.3 is 9.47 Å². The van der Waals surface area contributed by atoms with Crippen LogP contribution >= 0.6 is 0 Å². The van der Waals surface area contributed by atoms with Gasteiger partial charge in [-0.25, -0.2) is 4.79 Å². The molecule has 0 N–H and O–H groups in total. The van der Waals surface area contributed by atoms with E-state index in [1.807, 2.05) is 26.8 Å². The van der Waals surface area contributed by atoms with Crippen LogP contribution in [0.5, 0.6) is 0 Å². The van der Waals surface area contributed by atoms with E-state index >= 15 is 0 Å². The first kappa shape index (κ1) is 19.9. The average molecular weight is 334 g/mol. The van der Waals surface area contributed by atoms with Gasteiger partial charge in [0.1, 0.15) is 18.5 Å². The second-order valence-electron chi connectivity index (χ2n) is 6.93. The summed E-state index contributed by atoms with van der Waals surface area (Å²) in [5.74, 6) is -1.35. The summed E-state index contributed by atoms with van der Waals surface area (Å²) in [6, 6.07) is 0. The van der Waals surface area contributed by atoms with Gasteiger partial charge in [0, 0.05) is 11.0 Å². The van der Waals surface area contributed by atoms with E-state index in [4.69, 9.17) is 9.47 Å². The molecule has 0 amide bonds. The molecule has 1 rings (SSSR count). The van der Waals surface area contributed by atoms with Crippen LogP contribution in [0.3, 0.4) is 0 Å². The van der Waals surface area contributed by atoms with E-state index < -0.39 is 29.6 Å². The highest BCUT2D eigenvalue weighted by molar-refractivity contribution is 5.90. The Morgan fingerprint density at radius 2 is 1.88 bits per heavy atom. The summed E-state index contributed by atoms with van der Waals surface area (Å²) in [6.45, 7) is 14.3. The maximum Gasteiger partial charge on any atom is 0.338 e. The summed E-state index contributed by atoms with van der Waals surface area (Å²) >= 11 is 0. The highest BCUT2D eigenvalue weighted by atomic mass is 16.6. The Hall–Kier alpha value is -2.17. The third-order valence-electron chi connectivity index (χ3n) is 3.99. The third-order valence-corrected chi connectivity index (χ3v) is 3.99. The van der Waals surface area contributed by atoms with Crippen molar-refractivity contribution in [2.24, 2.45) is 11.3 Å². The van der Waals surface area contributed by atoms with Crippen LogP contribution in [0.1, 0.15) is 41.5 Å². The van der Waals surface area contributed by atoms with Crippen LogP contribution < -0.4 is 0 Å². The number of carbonyl (C=O) groups excluding carboxylic acids is 3. The lowest BCUT2D eigenvalue weighted by Crippen LogP contribution is -2.30. The molecule has 0 saturated carbocycles. The van der Waals surface area contributed by atoms with E-state index in [2.05, 4.69) is 6.58 Å². The molecular weight excluding hydrogens is 308 g/mol. The highest BCUT2D eigenvalue weighted by Crippen LogP contribution is 2.34.